The van der Waals surface area contributed by atoms with E-state index in [1.807, 2.05) is 24.3 Å². The van der Waals surface area contributed by atoms with Gasteiger partial charge in [0, 0.05) is 25.0 Å². The number of nitriles is 1. The van der Waals surface area contributed by atoms with Gasteiger partial charge in [0.15, 0.2) is 0 Å². The SMILES string of the molecule is N#C/C(=C/NCc1cccc(CN)c1)C(=O)Nc1ccc(Cl)c(C(F)(F)F)c1. The Kier molecular flexibility index (Phi) is 7.04. The number of nitrogens with two attached hydrogens (primary N) is 1. The summed E-state index contributed by atoms with van der Waals surface area (Å²) >= 11 is 5.54. The number of halogens is 4. The number of nitrogens with one attached hydrogen (secondary N) is 2. The highest BCUT2D eigenvalue weighted by atomic mass is 35.5. The molecule has 0 heterocycles. The second-order valence-electron chi connectivity index (χ2n) is 5.72. The molecule has 28 heavy (non-hydrogen) atoms. The van der Waals surface area contributed by atoms with Gasteiger partial charge in [-0.25, -0.2) is 0 Å². The molecule has 2 rings (SSSR count). The Morgan fingerprint density at radius 1 is 1.21 bits per heavy atom. The first-order valence-electron chi connectivity index (χ1n) is 8.04. The van der Waals surface area contributed by atoms with Crippen molar-refractivity contribution in [3.05, 3.63) is 76.0 Å². The van der Waals surface area contributed by atoms with Crippen LogP contribution in [-0.2, 0) is 24.1 Å². The zero-order valence-electron chi connectivity index (χ0n) is 14.5. The van der Waals surface area contributed by atoms with Crippen molar-refractivity contribution < 1.29 is 18.0 Å². The number of amides is 1. The number of nitrogens with zero attached hydrogens (tertiary/aromatic N) is 1. The van der Waals surface area contributed by atoms with Crippen LogP contribution in [-0.4, -0.2) is 5.91 Å². The first kappa shape index (κ1) is 21.3. The molecule has 0 radical (unpaired) electrons. The van der Waals surface area contributed by atoms with Gasteiger partial charge in [0.2, 0.25) is 0 Å². The van der Waals surface area contributed by atoms with Crippen LogP contribution in [0.4, 0.5) is 18.9 Å². The number of benzene rings is 2. The van der Waals surface area contributed by atoms with Crippen LogP contribution >= 0.6 is 11.6 Å². The van der Waals surface area contributed by atoms with E-state index in [0.29, 0.717) is 19.2 Å². The molecule has 0 unspecified atom stereocenters. The lowest BCUT2D eigenvalue weighted by atomic mass is 10.1. The predicted molar refractivity (Wildman–Crippen MR) is 100.0 cm³/mol. The van der Waals surface area contributed by atoms with Crippen LogP contribution in [0.3, 0.4) is 0 Å². The van der Waals surface area contributed by atoms with E-state index in [0.717, 1.165) is 17.2 Å². The average molecular weight is 409 g/mol. The first-order valence-corrected chi connectivity index (χ1v) is 8.42. The Morgan fingerprint density at radius 2 is 1.93 bits per heavy atom. The summed E-state index contributed by atoms with van der Waals surface area (Å²) in [6.45, 7) is 0.724. The molecule has 0 bridgehead atoms. The van der Waals surface area contributed by atoms with E-state index in [4.69, 9.17) is 22.6 Å². The molecule has 0 fully saturated rings. The molecule has 0 aliphatic carbocycles. The quantitative estimate of drug-likeness (QED) is 0.498. The van der Waals surface area contributed by atoms with E-state index in [1.54, 1.807) is 6.07 Å². The lowest BCUT2D eigenvalue weighted by Gasteiger charge is -2.11. The zero-order chi connectivity index (χ0) is 20.7. The molecule has 5 nitrogen and oxygen atoms in total. The molecule has 146 valence electrons. The van der Waals surface area contributed by atoms with E-state index in [9.17, 15) is 18.0 Å². The van der Waals surface area contributed by atoms with Gasteiger partial charge in [0.1, 0.15) is 11.6 Å². The van der Waals surface area contributed by atoms with Crippen molar-refractivity contribution in [1.82, 2.24) is 5.32 Å². The minimum Gasteiger partial charge on any atom is -0.386 e. The molecular formula is C19H16ClF3N4O. The van der Waals surface area contributed by atoms with Crippen molar-refractivity contribution in [3.63, 3.8) is 0 Å². The fraction of sp³-hybridized carbons (Fsp3) is 0.158. The van der Waals surface area contributed by atoms with E-state index in [-0.39, 0.29) is 11.3 Å². The summed E-state index contributed by atoms with van der Waals surface area (Å²) in [5.41, 5.74) is 5.90. The van der Waals surface area contributed by atoms with Gasteiger partial charge in [-0.15, -0.1) is 0 Å². The van der Waals surface area contributed by atoms with Gasteiger partial charge in [-0.3, -0.25) is 4.79 Å². The third kappa shape index (κ3) is 5.74. The summed E-state index contributed by atoms with van der Waals surface area (Å²) in [4.78, 5) is 12.2. The largest absolute Gasteiger partial charge is 0.417 e. The molecule has 0 spiro atoms. The van der Waals surface area contributed by atoms with Crippen molar-refractivity contribution >= 4 is 23.2 Å². The smallest absolute Gasteiger partial charge is 0.386 e. The molecule has 0 saturated heterocycles. The van der Waals surface area contributed by atoms with Gasteiger partial charge in [-0.1, -0.05) is 35.9 Å². The fourth-order valence-electron chi connectivity index (χ4n) is 2.30. The van der Waals surface area contributed by atoms with Crippen molar-refractivity contribution in [2.24, 2.45) is 5.73 Å². The van der Waals surface area contributed by atoms with Crippen LogP contribution in [0.2, 0.25) is 5.02 Å². The Labute approximate surface area is 164 Å². The van der Waals surface area contributed by atoms with Crippen LogP contribution in [0.25, 0.3) is 0 Å². The van der Waals surface area contributed by atoms with Gasteiger partial charge in [-0.05, 0) is 29.3 Å². The number of anilines is 1. The van der Waals surface area contributed by atoms with Crippen molar-refractivity contribution in [1.29, 1.82) is 5.26 Å². The van der Waals surface area contributed by atoms with Crippen LogP contribution in [0.1, 0.15) is 16.7 Å². The number of alkyl halides is 3. The third-order valence-corrected chi connectivity index (χ3v) is 4.00. The monoisotopic (exact) mass is 408 g/mol. The Hall–Kier alpha value is -3.02. The summed E-state index contributed by atoms with van der Waals surface area (Å²) in [6.07, 6.45) is -3.46. The number of hydrogen-bond acceptors (Lipinski definition) is 4. The fourth-order valence-corrected chi connectivity index (χ4v) is 2.53. The molecule has 2 aromatic carbocycles. The van der Waals surface area contributed by atoms with E-state index >= 15 is 0 Å². The highest BCUT2D eigenvalue weighted by Gasteiger charge is 2.33. The van der Waals surface area contributed by atoms with E-state index in [1.165, 1.54) is 12.3 Å². The number of rotatable bonds is 6. The molecule has 0 saturated carbocycles. The maximum atomic E-state index is 12.9. The third-order valence-electron chi connectivity index (χ3n) is 3.67. The standard InChI is InChI=1S/C19H16ClF3N4O/c20-17-5-4-15(7-16(17)19(21,22)23)27-18(28)14(9-25)11-26-10-13-3-1-2-12(6-13)8-24/h1-7,11,26H,8,10,24H2,(H,27,28)/b14-11-. The molecule has 2 aromatic rings. The van der Waals surface area contributed by atoms with Crippen LogP contribution < -0.4 is 16.4 Å². The predicted octanol–water partition coefficient (Wildman–Crippen LogP) is 3.95. The first-order chi connectivity index (χ1) is 13.2. The maximum Gasteiger partial charge on any atom is 0.417 e. The van der Waals surface area contributed by atoms with Crippen molar-refractivity contribution in [2.75, 3.05) is 5.32 Å². The zero-order valence-corrected chi connectivity index (χ0v) is 15.2. The van der Waals surface area contributed by atoms with Gasteiger partial charge in [0.05, 0.1) is 10.6 Å². The number of carbonyl (C=O) groups is 1. The molecular weight excluding hydrogens is 393 g/mol. The Bertz CT molecular complexity index is 936. The minimum atomic E-state index is -4.66. The van der Waals surface area contributed by atoms with Crippen LogP contribution in [0.5, 0.6) is 0 Å². The molecule has 1 amide bonds. The maximum absolute atomic E-state index is 12.9. The lowest BCUT2D eigenvalue weighted by Crippen LogP contribution is -2.17. The molecule has 0 atom stereocenters. The van der Waals surface area contributed by atoms with Gasteiger partial charge >= 0.3 is 6.18 Å². The molecule has 4 N–H and O–H groups in total. The van der Waals surface area contributed by atoms with Gasteiger partial charge in [0.25, 0.3) is 5.91 Å². The van der Waals surface area contributed by atoms with Crippen LogP contribution in [0.15, 0.2) is 54.2 Å². The summed E-state index contributed by atoms with van der Waals surface area (Å²) in [5.74, 6) is -0.846. The molecule has 0 aliphatic rings. The number of hydrogen-bond donors (Lipinski definition) is 3. The van der Waals surface area contributed by atoms with Crippen LogP contribution in [0, 0.1) is 11.3 Å². The highest BCUT2D eigenvalue weighted by Crippen LogP contribution is 2.36. The number of carbonyl (C=O) groups excluding carboxylic acids is 1. The average Bonchev–Trinajstić information content (AvgIpc) is 2.66. The van der Waals surface area contributed by atoms with Crippen molar-refractivity contribution in [3.8, 4) is 6.07 Å². The Balaban J connectivity index is 2.07. The van der Waals surface area contributed by atoms with Gasteiger partial charge < -0.3 is 16.4 Å². The second kappa shape index (κ2) is 9.26. The van der Waals surface area contributed by atoms with Crippen molar-refractivity contribution in [2.45, 2.75) is 19.3 Å². The second-order valence-corrected chi connectivity index (χ2v) is 6.13. The topological polar surface area (TPSA) is 90.9 Å². The molecule has 0 aromatic heterocycles. The van der Waals surface area contributed by atoms with E-state index in [2.05, 4.69) is 10.6 Å². The van der Waals surface area contributed by atoms with E-state index < -0.39 is 22.7 Å². The summed E-state index contributed by atoms with van der Waals surface area (Å²) < 4.78 is 38.7. The summed E-state index contributed by atoms with van der Waals surface area (Å²) in [5, 5.41) is 13.7. The van der Waals surface area contributed by atoms with Gasteiger partial charge in [-0.2, -0.15) is 18.4 Å². The summed E-state index contributed by atoms with van der Waals surface area (Å²) in [7, 11) is 0. The Morgan fingerprint density at radius 3 is 2.57 bits per heavy atom. The molecule has 0 aliphatic heterocycles. The molecule has 9 heteroatoms. The summed E-state index contributed by atoms with van der Waals surface area (Å²) in [6, 6.07) is 12.1. The minimum absolute atomic E-state index is 0.126. The normalized spacial score (nSPS) is 11.6. The highest BCUT2D eigenvalue weighted by molar-refractivity contribution is 6.31. The lowest BCUT2D eigenvalue weighted by molar-refractivity contribution is -0.137.